The summed E-state index contributed by atoms with van der Waals surface area (Å²) in [7, 11) is -3.33. The second kappa shape index (κ2) is 5.81. The molecule has 1 atom stereocenters. The lowest BCUT2D eigenvalue weighted by atomic mass is 9.96. The fraction of sp³-hybridized carbons (Fsp3) is 0.278. The maximum atomic E-state index is 13.0. The van der Waals surface area contributed by atoms with Crippen LogP contribution >= 0.6 is 0 Å². The van der Waals surface area contributed by atoms with E-state index in [4.69, 9.17) is 0 Å². The quantitative estimate of drug-likeness (QED) is 0.851. The molecule has 2 aromatic carbocycles. The van der Waals surface area contributed by atoms with E-state index in [0.29, 0.717) is 5.56 Å². The number of aryl methyl sites for hydroxylation is 1. The fourth-order valence-corrected chi connectivity index (χ4v) is 3.66. The number of hydrogen-bond donors (Lipinski definition) is 0. The summed E-state index contributed by atoms with van der Waals surface area (Å²) in [5, 5.41) is 0. The van der Waals surface area contributed by atoms with Crippen molar-refractivity contribution in [2.45, 2.75) is 30.7 Å². The van der Waals surface area contributed by atoms with Crippen molar-refractivity contribution in [2.24, 2.45) is 0 Å². The van der Waals surface area contributed by atoms with Crippen LogP contribution in [0.25, 0.3) is 0 Å². The monoisotopic (exact) mass is 329 g/mol. The molecule has 4 nitrogen and oxygen atoms in total. The molecule has 3 rings (SSSR count). The summed E-state index contributed by atoms with van der Waals surface area (Å²) in [5.74, 6) is -0.157. The molecule has 1 amide bonds. The molecule has 0 aliphatic carbocycles. The van der Waals surface area contributed by atoms with Crippen molar-refractivity contribution in [3.63, 3.8) is 0 Å². The molecule has 0 N–H and O–H groups in total. The summed E-state index contributed by atoms with van der Waals surface area (Å²) in [6.45, 7) is 2.02. The van der Waals surface area contributed by atoms with Gasteiger partial charge in [-0.2, -0.15) is 0 Å². The van der Waals surface area contributed by atoms with Crippen LogP contribution in [0, 0.1) is 0 Å². The van der Waals surface area contributed by atoms with Gasteiger partial charge in [0.2, 0.25) is 0 Å². The summed E-state index contributed by atoms with van der Waals surface area (Å²) in [4.78, 5) is 14.9. The van der Waals surface area contributed by atoms with E-state index >= 15 is 0 Å². The molecular weight excluding hydrogens is 310 g/mol. The molecule has 1 aliphatic heterocycles. The molecule has 0 spiro atoms. The minimum absolute atomic E-state index is 0.0827. The van der Waals surface area contributed by atoms with Crippen molar-refractivity contribution in [3.05, 3.63) is 59.7 Å². The number of anilines is 1. The van der Waals surface area contributed by atoms with Gasteiger partial charge in [-0.05, 0) is 49.6 Å². The molecule has 1 aliphatic rings. The topological polar surface area (TPSA) is 54.5 Å². The van der Waals surface area contributed by atoms with E-state index in [1.165, 1.54) is 12.1 Å². The Labute approximate surface area is 136 Å². The second-order valence-corrected chi connectivity index (χ2v) is 8.01. The molecule has 0 radical (unpaired) electrons. The number of hydrogen-bond acceptors (Lipinski definition) is 3. The van der Waals surface area contributed by atoms with E-state index in [-0.39, 0.29) is 16.8 Å². The first-order chi connectivity index (χ1) is 10.9. The molecule has 0 fully saturated rings. The maximum absolute atomic E-state index is 13.0. The Hall–Kier alpha value is -2.14. The molecule has 2 aromatic rings. The lowest BCUT2D eigenvalue weighted by Crippen LogP contribution is -2.42. The number of benzene rings is 2. The summed E-state index contributed by atoms with van der Waals surface area (Å²) in [6, 6.07) is 14.2. The smallest absolute Gasteiger partial charge is 0.258 e. The van der Waals surface area contributed by atoms with Crippen molar-refractivity contribution < 1.29 is 13.2 Å². The Morgan fingerprint density at radius 1 is 1.13 bits per heavy atom. The summed E-state index contributed by atoms with van der Waals surface area (Å²) < 4.78 is 23.4. The first-order valence-electron chi connectivity index (χ1n) is 7.59. The van der Waals surface area contributed by atoms with Crippen molar-refractivity contribution in [1.82, 2.24) is 0 Å². The SMILES string of the molecule is C[C@H]1CCc2ccccc2N1C(=O)c1cccc(S(C)(=O)=O)c1. The highest BCUT2D eigenvalue weighted by Crippen LogP contribution is 2.32. The molecule has 0 saturated heterocycles. The molecule has 120 valence electrons. The van der Waals surface area contributed by atoms with Gasteiger partial charge < -0.3 is 4.90 Å². The van der Waals surface area contributed by atoms with Gasteiger partial charge in [0.25, 0.3) is 5.91 Å². The van der Waals surface area contributed by atoms with E-state index < -0.39 is 9.84 Å². The van der Waals surface area contributed by atoms with Gasteiger partial charge in [0.1, 0.15) is 0 Å². The van der Waals surface area contributed by atoms with Crippen LogP contribution in [-0.2, 0) is 16.3 Å². The molecule has 5 heteroatoms. The number of rotatable bonds is 2. The molecule has 0 aromatic heterocycles. The average Bonchev–Trinajstić information content (AvgIpc) is 2.53. The van der Waals surface area contributed by atoms with Crippen LogP contribution in [0.4, 0.5) is 5.69 Å². The number of carbonyl (C=O) groups excluding carboxylic acids is 1. The Kier molecular flexibility index (Phi) is 3.98. The Bertz CT molecular complexity index is 858. The average molecular weight is 329 g/mol. The Balaban J connectivity index is 2.04. The Morgan fingerprint density at radius 3 is 2.61 bits per heavy atom. The van der Waals surface area contributed by atoms with Crippen LogP contribution in [0.15, 0.2) is 53.4 Å². The predicted octanol–water partition coefficient (Wildman–Crippen LogP) is 3.07. The summed E-state index contributed by atoms with van der Waals surface area (Å²) in [6.07, 6.45) is 2.99. The van der Waals surface area contributed by atoms with E-state index in [1.807, 2.05) is 31.2 Å². The fourth-order valence-electron chi connectivity index (χ4n) is 3.00. The normalized spacial score (nSPS) is 17.7. The molecule has 23 heavy (non-hydrogen) atoms. The zero-order valence-electron chi connectivity index (χ0n) is 13.2. The van der Waals surface area contributed by atoms with Gasteiger partial charge in [-0.25, -0.2) is 8.42 Å². The summed E-state index contributed by atoms with van der Waals surface area (Å²) >= 11 is 0. The van der Waals surface area contributed by atoms with Crippen LogP contribution in [-0.4, -0.2) is 26.6 Å². The lowest BCUT2D eigenvalue weighted by Gasteiger charge is -2.35. The zero-order valence-corrected chi connectivity index (χ0v) is 14.0. The largest absolute Gasteiger partial charge is 0.305 e. The van der Waals surface area contributed by atoms with Crippen LogP contribution in [0.1, 0.15) is 29.3 Å². The standard InChI is InChI=1S/C18H19NO3S/c1-13-10-11-14-6-3-4-9-17(14)19(13)18(20)15-7-5-8-16(12-15)23(2,21)22/h3-9,12-13H,10-11H2,1-2H3/t13-/m0/s1. The van der Waals surface area contributed by atoms with E-state index in [1.54, 1.807) is 17.0 Å². The first kappa shape index (κ1) is 15.7. The number of amides is 1. The number of nitrogens with zero attached hydrogens (tertiary/aromatic N) is 1. The molecule has 0 saturated carbocycles. The van der Waals surface area contributed by atoms with Gasteiger partial charge in [0.05, 0.1) is 4.90 Å². The molecule has 1 heterocycles. The van der Waals surface area contributed by atoms with Crippen LogP contribution in [0.3, 0.4) is 0 Å². The highest BCUT2D eigenvalue weighted by atomic mass is 32.2. The minimum atomic E-state index is -3.33. The van der Waals surface area contributed by atoms with Gasteiger partial charge in [0, 0.05) is 23.5 Å². The molecular formula is C18H19NO3S. The van der Waals surface area contributed by atoms with Gasteiger partial charge in [-0.1, -0.05) is 24.3 Å². The van der Waals surface area contributed by atoms with Gasteiger partial charge in [-0.15, -0.1) is 0 Å². The minimum Gasteiger partial charge on any atom is -0.305 e. The highest BCUT2D eigenvalue weighted by molar-refractivity contribution is 7.90. The third-order valence-electron chi connectivity index (χ3n) is 4.25. The van der Waals surface area contributed by atoms with Gasteiger partial charge in [-0.3, -0.25) is 4.79 Å². The Morgan fingerprint density at radius 2 is 1.87 bits per heavy atom. The van der Waals surface area contributed by atoms with Crippen molar-refractivity contribution >= 4 is 21.4 Å². The van der Waals surface area contributed by atoms with Crippen molar-refractivity contribution in [2.75, 3.05) is 11.2 Å². The third-order valence-corrected chi connectivity index (χ3v) is 5.36. The van der Waals surface area contributed by atoms with Crippen LogP contribution in [0.5, 0.6) is 0 Å². The lowest BCUT2D eigenvalue weighted by molar-refractivity contribution is 0.0975. The number of sulfone groups is 1. The second-order valence-electron chi connectivity index (χ2n) is 5.99. The van der Waals surface area contributed by atoms with E-state index in [0.717, 1.165) is 30.3 Å². The predicted molar refractivity (Wildman–Crippen MR) is 90.6 cm³/mol. The first-order valence-corrected chi connectivity index (χ1v) is 9.48. The number of carbonyl (C=O) groups is 1. The summed E-state index contributed by atoms with van der Waals surface area (Å²) in [5.41, 5.74) is 2.47. The van der Waals surface area contributed by atoms with Crippen molar-refractivity contribution in [1.29, 1.82) is 0 Å². The molecule has 0 unspecified atom stereocenters. The zero-order chi connectivity index (χ0) is 16.6. The van der Waals surface area contributed by atoms with Crippen LogP contribution in [0.2, 0.25) is 0 Å². The van der Waals surface area contributed by atoms with Crippen molar-refractivity contribution in [3.8, 4) is 0 Å². The molecule has 0 bridgehead atoms. The van der Waals surface area contributed by atoms with Gasteiger partial charge >= 0.3 is 0 Å². The van der Waals surface area contributed by atoms with Gasteiger partial charge in [0.15, 0.2) is 9.84 Å². The number of para-hydroxylation sites is 1. The van der Waals surface area contributed by atoms with E-state index in [9.17, 15) is 13.2 Å². The maximum Gasteiger partial charge on any atom is 0.258 e. The number of fused-ring (bicyclic) bond motifs is 1. The van der Waals surface area contributed by atoms with Crippen LogP contribution < -0.4 is 4.90 Å². The highest BCUT2D eigenvalue weighted by Gasteiger charge is 2.29. The third kappa shape index (κ3) is 3.01. The van der Waals surface area contributed by atoms with E-state index in [2.05, 4.69) is 0 Å².